The van der Waals surface area contributed by atoms with E-state index in [-0.39, 0.29) is 0 Å². The SMILES string of the molecule is C1=CC(c2ccc(-c3ccccc3)cc2)CC=C1N(c1ccccc1)c1ccc(-c2ccc(N(c3ccccc3)c3ccc(-c4ccc(-c5ccccc5)cc4)cc3)cc2)cc1. The van der Waals surface area contributed by atoms with E-state index in [2.05, 4.69) is 271 Å². The molecule has 1 unspecified atom stereocenters. The van der Waals surface area contributed by atoms with Gasteiger partial charge in [-0.05, 0) is 123 Å². The molecule has 2 heteroatoms. The van der Waals surface area contributed by atoms with Crippen LogP contribution in [0.4, 0.5) is 28.4 Å². The largest absolute Gasteiger partial charge is 0.311 e. The van der Waals surface area contributed by atoms with Crippen molar-refractivity contribution in [2.45, 2.75) is 12.3 Å². The monoisotopic (exact) mass is 794 g/mol. The van der Waals surface area contributed by atoms with E-state index in [1.54, 1.807) is 0 Å². The molecule has 0 saturated heterocycles. The van der Waals surface area contributed by atoms with Gasteiger partial charge in [-0.25, -0.2) is 0 Å². The smallest absolute Gasteiger partial charge is 0.0462 e. The van der Waals surface area contributed by atoms with E-state index >= 15 is 0 Å². The molecule has 0 radical (unpaired) electrons. The van der Waals surface area contributed by atoms with Gasteiger partial charge < -0.3 is 9.80 Å². The third kappa shape index (κ3) is 8.28. The first-order valence-electron chi connectivity index (χ1n) is 21.4. The van der Waals surface area contributed by atoms with Gasteiger partial charge in [-0.2, -0.15) is 0 Å². The highest BCUT2D eigenvalue weighted by Gasteiger charge is 2.19. The third-order valence-corrected chi connectivity index (χ3v) is 11.8. The van der Waals surface area contributed by atoms with Crippen molar-refractivity contribution in [3.8, 4) is 44.5 Å². The Balaban J connectivity index is 0.870. The van der Waals surface area contributed by atoms with Gasteiger partial charge in [-0.15, -0.1) is 0 Å². The Kier molecular flexibility index (Phi) is 10.9. The maximum absolute atomic E-state index is 2.38. The standard InChI is InChI=1S/C60H46N2/c1-5-13-45(14-6-1)47-21-25-49(26-22-47)51-29-37-57(38-30-51)61(55-17-9-3-10-18-55)59-41-33-53(34-42-59)54-35-43-60(44-36-54)62(56-19-11-4-12-20-56)58-39-31-52(32-40-58)50-27-23-48(24-28-50)46-15-7-2-8-16-46/h1-31,33-44,52H,32H2. The first-order valence-corrected chi connectivity index (χ1v) is 21.4. The molecule has 1 aliphatic carbocycles. The molecule has 0 amide bonds. The Hall–Kier alpha value is -7.94. The lowest BCUT2D eigenvalue weighted by molar-refractivity contribution is 0.840. The van der Waals surface area contributed by atoms with Crippen molar-refractivity contribution in [1.82, 2.24) is 0 Å². The van der Waals surface area contributed by atoms with Crippen LogP contribution in [0, 0.1) is 0 Å². The highest BCUT2D eigenvalue weighted by molar-refractivity contribution is 5.81. The minimum absolute atomic E-state index is 0.340. The summed E-state index contributed by atoms with van der Waals surface area (Å²) in [6, 6.07) is 87.0. The fraction of sp³-hybridized carbons (Fsp3) is 0.0333. The molecule has 62 heavy (non-hydrogen) atoms. The second-order valence-electron chi connectivity index (χ2n) is 15.7. The van der Waals surface area contributed by atoms with Gasteiger partial charge in [0.25, 0.3) is 0 Å². The van der Waals surface area contributed by atoms with Gasteiger partial charge in [0.05, 0.1) is 0 Å². The molecule has 296 valence electrons. The lowest BCUT2D eigenvalue weighted by Crippen LogP contribution is -2.17. The molecule has 0 spiro atoms. The van der Waals surface area contributed by atoms with Gasteiger partial charge >= 0.3 is 0 Å². The molecule has 10 rings (SSSR count). The van der Waals surface area contributed by atoms with Crippen LogP contribution in [-0.2, 0) is 0 Å². The van der Waals surface area contributed by atoms with E-state index in [4.69, 9.17) is 0 Å². The first-order chi connectivity index (χ1) is 30.7. The molecule has 0 aromatic heterocycles. The summed E-state index contributed by atoms with van der Waals surface area (Å²) in [6.07, 6.45) is 7.97. The summed E-state index contributed by atoms with van der Waals surface area (Å²) in [5, 5.41) is 0. The zero-order chi connectivity index (χ0) is 41.5. The van der Waals surface area contributed by atoms with E-state index < -0.39 is 0 Å². The second kappa shape index (κ2) is 17.7. The third-order valence-electron chi connectivity index (χ3n) is 11.8. The molecule has 0 heterocycles. The number of rotatable bonds is 11. The molecule has 1 atom stereocenters. The van der Waals surface area contributed by atoms with Crippen LogP contribution < -0.4 is 9.80 Å². The predicted octanol–water partition coefficient (Wildman–Crippen LogP) is 16.6. The van der Waals surface area contributed by atoms with Crippen LogP contribution in [0.3, 0.4) is 0 Å². The highest BCUT2D eigenvalue weighted by atomic mass is 15.1. The topological polar surface area (TPSA) is 6.48 Å². The minimum Gasteiger partial charge on any atom is -0.311 e. The number of benzene rings is 9. The highest BCUT2D eigenvalue weighted by Crippen LogP contribution is 2.39. The average Bonchev–Trinajstić information content (AvgIpc) is 3.36. The molecule has 0 saturated carbocycles. The predicted molar refractivity (Wildman–Crippen MR) is 262 cm³/mol. The molecule has 0 bridgehead atoms. The molecule has 9 aromatic carbocycles. The molecule has 0 N–H and O–H groups in total. The van der Waals surface area contributed by atoms with Crippen LogP contribution in [0.15, 0.2) is 267 Å². The normalized spacial score (nSPS) is 13.3. The second-order valence-corrected chi connectivity index (χ2v) is 15.7. The van der Waals surface area contributed by atoms with Crippen molar-refractivity contribution in [1.29, 1.82) is 0 Å². The van der Waals surface area contributed by atoms with Crippen molar-refractivity contribution in [2.24, 2.45) is 0 Å². The fourth-order valence-corrected chi connectivity index (χ4v) is 8.52. The first kappa shape index (κ1) is 38.3. The van der Waals surface area contributed by atoms with Crippen LogP contribution in [-0.4, -0.2) is 0 Å². The summed E-state index contributed by atoms with van der Waals surface area (Å²) in [5.74, 6) is 0.340. The Labute approximate surface area is 365 Å². The Morgan fingerprint density at radius 3 is 0.935 bits per heavy atom. The molecule has 2 nitrogen and oxygen atoms in total. The van der Waals surface area contributed by atoms with E-state index in [9.17, 15) is 0 Å². The molecule has 0 aliphatic heterocycles. The van der Waals surface area contributed by atoms with E-state index in [1.165, 1.54) is 55.8 Å². The zero-order valence-electron chi connectivity index (χ0n) is 34.5. The van der Waals surface area contributed by atoms with Gasteiger partial charge in [0.2, 0.25) is 0 Å². The summed E-state index contributed by atoms with van der Waals surface area (Å²) in [6.45, 7) is 0. The number of anilines is 5. The summed E-state index contributed by atoms with van der Waals surface area (Å²) >= 11 is 0. The van der Waals surface area contributed by atoms with Crippen molar-refractivity contribution in [3.05, 3.63) is 272 Å². The summed E-state index contributed by atoms with van der Waals surface area (Å²) in [5.41, 5.74) is 17.8. The van der Waals surface area contributed by atoms with Crippen molar-refractivity contribution in [3.63, 3.8) is 0 Å². The van der Waals surface area contributed by atoms with Crippen LogP contribution in [0.2, 0.25) is 0 Å². The van der Waals surface area contributed by atoms with Gasteiger partial charge in [0.15, 0.2) is 0 Å². The molecular weight excluding hydrogens is 749 g/mol. The molecule has 0 fully saturated rings. The van der Waals surface area contributed by atoms with Crippen LogP contribution in [0.1, 0.15) is 17.9 Å². The maximum Gasteiger partial charge on any atom is 0.0462 e. The van der Waals surface area contributed by atoms with E-state index in [0.717, 1.165) is 34.9 Å². The number of para-hydroxylation sites is 2. The number of allylic oxidation sites excluding steroid dienone is 3. The van der Waals surface area contributed by atoms with Gasteiger partial charge in [-0.3, -0.25) is 0 Å². The number of hydrogen-bond acceptors (Lipinski definition) is 2. The summed E-state index contributed by atoms with van der Waals surface area (Å²) < 4.78 is 0. The maximum atomic E-state index is 2.38. The summed E-state index contributed by atoms with van der Waals surface area (Å²) in [7, 11) is 0. The number of nitrogens with zero attached hydrogens (tertiary/aromatic N) is 2. The van der Waals surface area contributed by atoms with Crippen molar-refractivity contribution >= 4 is 28.4 Å². The lowest BCUT2D eigenvalue weighted by Gasteiger charge is -2.29. The van der Waals surface area contributed by atoms with Gasteiger partial charge in [0, 0.05) is 40.1 Å². The molecular formula is C60H46N2. The van der Waals surface area contributed by atoms with E-state index in [1.807, 2.05) is 0 Å². The summed E-state index contributed by atoms with van der Waals surface area (Å²) in [4.78, 5) is 4.68. The molecule has 9 aromatic rings. The zero-order valence-corrected chi connectivity index (χ0v) is 34.5. The van der Waals surface area contributed by atoms with Crippen LogP contribution in [0.5, 0.6) is 0 Å². The van der Waals surface area contributed by atoms with E-state index in [0.29, 0.717) is 5.92 Å². The Bertz CT molecular complexity index is 2900. The van der Waals surface area contributed by atoms with Crippen LogP contribution in [0.25, 0.3) is 44.5 Å². The Morgan fingerprint density at radius 2 is 0.565 bits per heavy atom. The van der Waals surface area contributed by atoms with Gasteiger partial charge in [0.1, 0.15) is 0 Å². The quantitative estimate of drug-likeness (QED) is 0.129. The minimum atomic E-state index is 0.340. The fourth-order valence-electron chi connectivity index (χ4n) is 8.52. The lowest BCUT2D eigenvalue weighted by atomic mass is 9.90. The van der Waals surface area contributed by atoms with Gasteiger partial charge in [-0.1, -0.05) is 194 Å². The molecule has 1 aliphatic rings. The number of hydrogen-bond donors (Lipinski definition) is 0. The average molecular weight is 795 g/mol. The van der Waals surface area contributed by atoms with Crippen molar-refractivity contribution in [2.75, 3.05) is 9.80 Å². The van der Waals surface area contributed by atoms with Crippen LogP contribution >= 0.6 is 0 Å². The van der Waals surface area contributed by atoms with Crippen molar-refractivity contribution < 1.29 is 0 Å². The Morgan fingerprint density at radius 1 is 0.274 bits per heavy atom.